The summed E-state index contributed by atoms with van der Waals surface area (Å²) in [4.78, 5) is 6.52. The predicted molar refractivity (Wildman–Crippen MR) is 85.7 cm³/mol. The Kier molecular flexibility index (Phi) is 4.35. The molecule has 0 spiro atoms. The summed E-state index contributed by atoms with van der Waals surface area (Å²) in [5.74, 6) is 0. The van der Waals surface area contributed by atoms with Gasteiger partial charge in [0.15, 0.2) is 0 Å². The molecule has 4 heteroatoms. The second-order valence-corrected chi connectivity index (χ2v) is 6.41. The monoisotopic (exact) mass is 287 g/mol. The minimum Gasteiger partial charge on any atom is -0.399 e. The van der Waals surface area contributed by atoms with E-state index in [0.717, 1.165) is 45.0 Å². The normalized spacial score (nSPS) is 17.4. The first kappa shape index (κ1) is 13.6. The van der Waals surface area contributed by atoms with Gasteiger partial charge in [-0.15, -0.1) is 11.3 Å². The lowest BCUT2D eigenvalue weighted by atomic mass is 10.2. The van der Waals surface area contributed by atoms with Crippen molar-refractivity contribution in [1.82, 2.24) is 9.80 Å². The zero-order valence-corrected chi connectivity index (χ0v) is 12.5. The molecule has 3 rings (SSSR count). The molecule has 1 aliphatic rings. The molecule has 1 saturated heterocycles. The van der Waals surface area contributed by atoms with Crippen LogP contribution in [0.4, 0.5) is 5.69 Å². The lowest BCUT2D eigenvalue weighted by Crippen LogP contribution is -2.45. The van der Waals surface area contributed by atoms with Crippen molar-refractivity contribution in [2.75, 3.05) is 31.9 Å². The van der Waals surface area contributed by atoms with Gasteiger partial charge in [-0.2, -0.15) is 0 Å². The van der Waals surface area contributed by atoms with Crippen molar-refractivity contribution < 1.29 is 0 Å². The summed E-state index contributed by atoms with van der Waals surface area (Å²) < 4.78 is 0. The van der Waals surface area contributed by atoms with Crippen LogP contribution in [0.1, 0.15) is 10.4 Å². The number of benzene rings is 1. The van der Waals surface area contributed by atoms with Gasteiger partial charge >= 0.3 is 0 Å². The van der Waals surface area contributed by atoms with Crippen LogP contribution in [0.3, 0.4) is 0 Å². The third-order valence-corrected chi connectivity index (χ3v) is 4.64. The second kappa shape index (κ2) is 6.39. The van der Waals surface area contributed by atoms with Crippen molar-refractivity contribution in [2.24, 2.45) is 0 Å². The molecule has 2 heterocycles. The molecule has 0 saturated carbocycles. The average Bonchev–Trinajstić information content (AvgIpc) is 2.94. The summed E-state index contributed by atoms with van der Waals surface area (Å²) in [5.41, 5.74) is 8.01. The molecule has 20 heavy (non-hydrogen) atoms. The lowest BCUT2D eigenvalue weighted by Gasteiger charge is -2.34. The van der Waals surface area contributed by atoms with Gasteiger partial charge in [0, 0.05) is 49.8 Å². The molecular weight excluding hydrogens is 266 g/mol. The van der Waals surface area contributed by atoms with Crippen LogP contribution >= 0.6 is 11.3 Å². The van der Waals surface area contributed by atoms with E-state index >= 15 is 0 Å². The van der Waals surface area contributed by atoms with E-state index in [9.17, 15) is 0 Å². The van der Waals surface area contributed by atoms with E-state index in [4.69, 9.17) is 5.73 Å². The van der Waals surface area contributed by atoms with E-state index in [-0.39, 0.29) is 0 Å². The van der Waals surface area contributed by atoms with Gasteiger partial charge in [-0.05, 0) is 29.1 Å². The van der Waals surface area contributed by atoms with E-state index in [1.165, 1.54) is 10.4 Å². The molecule has 0 atom stereocenters. The molecule has 2 aromatic rings. The quantitative estimate of drug-likeness (QED) is 0.878. The van der Waals surface area contributed by atoms with Crippen LogP contribution in [0.5, 0.6) is 0 Å². The number of nitrogen functional groups attached to an aromatic ring is 1. The smallest absolute Gasteiger partial charge is 0.0328 e. The Labute approximate surface area is 124 Å². The van der Waals surface area contributed by atoms with Crippen LogP contribution in [0.15, 0.2) is 41.8 Å². The second-order valence-electron chi connectivity index (χ2n) is 5.38. The zero-order valence-electron chi connectivity index (χ0n) is 11.7. The number of nitrogens with zero attached hydrogens (tertiary/aromatic N) is 2. The fourth-order valence-electron chi connectivity index (χ4n) is 2.68. The maximum absolute atomic E-state index is 5.84. The summed E-state index contributed by atoms with van der Waals surface area (Å²) in [6.07, 6.45) is 0. The van der Waals surface area contributed by atoms with Crippen molar-refractivity contribution in [3.8, 4) is 0 Å². The molecule has 0 bridgehead atoms. The van der Waals surface area contributed by atoms with Crippen LogP contribution in [-0.2, 0) is 13.1 Å². The molecular formula is C16H21N3S. The van der Waals surface area contributed by atoms with Gasteiger partial charge in [0.05, 0.1) is 0 Å². The summed E-state index contributed by atoms with van der Waals surface area (Å²) in [7, 11) is 0. The summed E-state index contributed by atoms with van der Waals surface area (Å²) in [6, 6.07) is 12.6. The van der Waals surface area contributed by atoms with Gasteiger partial charge < -0.3 is 5.73 Å². The highest BCUT2D eigenvalue weighted by Crippen LogP contribution is 2.15. The maximum atomic E-state index is 5.84. The average molecular weight is 287 g/mol. The summed E-state index contributed by atoms with van der Waals surface area (Å²) in [5, 5.41) is 2.16. The van der Waals surface area contributed by atoms with Gasteiger partial charge in [-0.25, -0.2) is 0 Å². The first-order valence-electron chi connectivity index (χ1n) is 7.11. The Morgan fingerprint density at radius 3 is 2.35 bits per heavy atom. The first-order chi connectivity index (χ1) is 9.79. The Balaban J connectivity index is 1.48. The van der Waals surface area contributed by atoms with E-state index < -0.39 is 0 Å². The van der Waals surface area contributed by atoms with Crippen LogP contribution in [0.2, 0.25) is 0 Å². The standard InChI is InChI=1S/C16H21N3S/c17-15-4-1-3-14(11-15)12-18-6-8-19(9-7-18)13-16-5-2-10-20-16/h1-5,10-11H,6-9,12-13,17H2. The number of hydrogen-bond acceptors (Lipinski definition) is 4. The molecule has 0 amide bonds. The Bertz CT molecular complexity index is 530. The van der Waals surface area contributed by atoms with E-state index in [1.807, 2.05) is 23.5 Å². The number of rotatable bonds is 4. The minimum atomic E-state index is 0.860. The minimum absolute atomic E-state index is 0.860. The molecule has 0 unspecified atom stereocenters. The van der Waals surface area contributed by atoms with Crippen molar-refractivity contribution in [1.29, 1.82) is 0 Å². The van der Waals surface area contributed by atoms with Crippen LogP contribution in [-0.4, -0.2) is 36.0 Å². The molecule has 1 aromatic heterocycles. The van der Waals surface area contributed by atoms with Gasteiger partial charge in [0.1, 0.15) is 0 Å². The van der Waals surface area contributed by atoms with Crippen LogP contribution < -0.4 is 5.73 Å². The fourth-order valence-corrected chi connectivity index (χ4v) is 3.42. The van der Waals surface area contributed by atoms with Crippen LogP contribution in [0, 0.1) is 0 Å². The third kappa shape index (κ3) is 3.60. The number of anilines is 1. The number of thiophene rings is 1. The van der Waals surface area contributed by atoms with Gasteiger partial charge in [0.25, 0.3) is 0 Å². The molecule has 0 aliphatic carbocycles. The topological polar surface area (TPSA) is 32.5 Å². The van der Waals surface area contributed by atoms with Crippen molar-refractivity contribution in [3.63, 3.8) is 0 Å². The van der Waals surface area contributed by atoms with E-state index in [1.54, 1.807) is 0 Å². The third-order valence-electron chi connectivity index (χ3n) is 3.78. The Morgan fingerprint density at radius 2 is 1.70 bits per heavy atom. The Hall–Kier alpha value is -1.36. The van der Waals surface area contributed by atoms with Crippen molar-refractivity contribution in [2.45, 2.75) is 13.1 Å². The van der Waals surface area contributed by atoms with Gasteiger partial charge in [0.2, 0.25) is 0 Å². The van der Waals surface area contributed by atoms with E-state index in [2.05, 4.69) is 39.4 Å². The SMILES string of the molecule is Nc1cccc(CN2CCN(Cc3cccs3)CC2)c1. The first-order valence-corrected chi connectivity index (χ1v) is 7.99. The summed E-state index contributed by atoms with van der Waals surface area (Å²) in [6.45, 7) is 6.70. The highest BCUT2D eigenvalue weighted by molar-refractivity contribution is 7.09. The maximum Gasteiger partial charge on any atom is 0.0328 e. The number of hydrogen-bond donors (Lipinski definition) is 1. The van der Waals surface area contributed by atoms with Crippen LogP contribution in [0.25, 0.3) is 0 Å². The van der Waals surface area contributed by atoms with Crippen molar-refractivity contribution in [3.05, 3.63) is 52.2 Å². The number of piperazine rings is 1. The highest BCUT2D eigenvalue weighted by atomic mass is 32.1. The van der Waals surface area contributed by atoms with Crippen molar-refractivity contribution >= 4 is 17.0 Å². The molecule has 106 valence electrons. The molecule has 1 aliphatic heterocycles. The molecule has 0 radical (unpaired) electrons. The zero-order chi connectivity index (χ0) is 13.8. The number of nitrogens with two attached hydrogens (primary N) is 1. The molecule has 1 fully saturated rings. The molecule has 3 nitrogen and oxygen atoms in total. The fraction of sp³-hybridized carbons (Fsp3) is 0.375. The van der Waals surface area contributed by atoms with E-state index in [0.29, 0.717) is 0 Å². The summed E-state index contributed by atoms with van der Waals surface area (Å²) >= 11 is 1.85. The lowest BCUT2D eigenvalue weighted by molar-refractivity contribution is 0.123. The highest BCUT2D eigenvalue weighted by Gasteiger charge is 2.17. The van der Waals surface area contributed by atoms with Gasteiger partial charge in [-0.3, -0.25) is 9.80 Å². The largest absolute Gasteiger partial charge is 0.399 e. The Morgan fingerprint density at radius 1 is 0.950 bits per heavy atom. The molecule has 1 aromatic carbocycles. The predicted octanol–water partition coefficient (Wildman–Crippen LogP) is 2.65. The van der Waals surface area contributed by atoms with Gasteiger partial charge in [-0.1, -0.05) is 18.2 Å². The molecule has 2 N–H and O–H groups in total.